The Morgan fingerprint density at radius 3 is 2.85 bits per heavy atom. The van der Waals surface area contributed by atoms with Gasteiger partial charge in [0.25, 0.3) is 0 Å². The van der Waals surface area contributed by atoms with Gasteiger partial charge in [-0.3, -0.25) is 9.69 Å². The molecule has 0 radical (unpaired) electrons. The van der Waals surface area contributed by atoms with Crippen LogP contribution in [-0.2, 0) is 17.6 Å². The fourth-order valence-electron chi connectivity index (χ4n) is 4.14. The summed E-state index contributed by atoms with van der Waals surface area (Å²) in [4.78, 5) is 14.1. The second-order valence-electron chi connectivity index (χ2n) is 6.15. The maximum absolute atomic E-state index is 11.8. The molecular weight excluding hydrogens is 250 g/mol. The first-order valence-electron chi connectivity index (χ1n) is 7.74. The number of hydrogen-bond acceptors (Lipinski definition) is 2. The standard InChI is InChI=1S/C17H23NO2/c1-2-17(16(19)20)10-5-11-18(17)15-9-8-13-6-3-4-7-14(13)12-15/h3-4,6-7,15H,2,5,8-12H2,1H3,(H,19,20). The molecule has 3 heteroatoms. The van der Waals surface area contributed by atoms with E-state index >= 15 is 0 Å². The molecule has 2 atom stereocenters. The average molecular weight is 273 g/mol. The smallest absolute Gasteiger partial charge is 0.324 e. The number of rotatable bonds is 3. The summed E-state index contributed by atoms with van der Waals surface area (Å²) in [7, 11) is 0. The Bertz CT molecular complexity index is 513. The van der Waals surface area contributed by atoms with E-state index in [1.165, 1.54) is 11.1 Å². The zero-order valence-corrected chi connectivity index (χ0v) is 12.1. The second kappa shape index (κ2) is 5.21. The van der Waals surface area contributed by atoms with Crippen molar-refractivity contribution in [3.05, 3.63) is 35.4 Å². The monoisotopic (exact) mass is 273 g/mol. The highest BCUT2D eigenvalue weighted by atomic mass is 16.4. The van der Waals surface area contributed by atoms with Crippen molar-refractivity contribution in [1.82, 2.24) is 4.90 Å². The molecule has 0 amide bonds. The van der Waals surface area contributed by atoms with E-state index in [-0.39, 0.29) is 0 Å². The number of aryl methyl sites for hydroxylation is 1. The third-order valence-electron chi connectivity index (χ3n) is 5.28. The zero-order valence-electron chi connectivity index (χ0n) is 12.1. The van der Waals surface area contributed by atoms with Gasteiger partial charge in [0.1, 0.15) is 5.54 Å². The molecule has 20 heavy (non-hydrogen) atoms. The Balaban J connectivity index is 1.85. The Hall–Kier alpha value is -1.35. The number of fused-ring (bicyclic) bond motifs is 1. The van der Waals surface area contributed by atoms with E-state index in [0.717, 1.165) is 38.6 Å². The molecule has 0 aromatic heterocycles. The molecule has 1 aromatic rings. The lowest BCUT2D eigenvalue weighted by Crippen LogP contribution is -2.55. The molecule has 1 N–H and O–H groups in total. The third-order valence-corrected chi connectivity index (χ3v) is 5.28. The summed E-state index contributed by atoms with van der Waals surface area (Å²) in [6, 6.07) is 8.99. The summed E-state index contributed by atoms with van der Waals surface area (Å²) in [5.74, 6) is -0.628. The van der Waals surface area contributed by atoms with Crippen LogP contribution in [0.2, 0.25) is 0 Å². The highest BCUT2D eigenvalue weighted by Crippen LogP contribution is 2.38. The molecule has 1 aliphatic heterocycles. The fourth-order valence-corrected chi connectivity index (χ4v) is 4.14. The molecule has 2 aliphatic rings. The first-order valence-corrected chi connectivity index (χ1v) is 7.74. The highest BCUT2D eigenvalue weighted by molar-refractivity contribution is 5.79. The summed E-state index contributed by atoms with van der Waals surface area (Å²) < 4.78 is 0. The Labute approximate surface area is 120 Å². The van der Waals surface area contributed by atoms with Crippen molar-refractivity contribution in [3.63, 3.8) is 0 Å². The lowest BCUT2D eigenvalue weighted by atomic mass is 9.84. The van der Waals surface area contributed by atoms with E-state index in [4.69, 9.17) is 0 Å². The van der Waals surface area contributed by atoms with Crippen molar-refractivity contribution >= 4 is 5.97 Å². The van der Waals surface area contributed by atoms with Crippen molar-refractivity contribution in [1.29, 1.82) is 0 Å². The molecule has 3 nitrogen and oxygen atoms in total. The fraction of sp³-hybridized carbons (Fsp3) is 0.588. The van der Waals surface area contributed by atoms with Crippen LogP contribution in [0.1, 0.15) is 43.7 Å². The van der Waals surface area contributed by atoms with Crippen molar-refractivity contribution in [3.8, 4) is 0 Å². The Kier molecular flexibility index (Phi) is 3.55. The maximum Gasteiger partial charge on any atom is 0.324 e. The molecular formula is C17H23NO2. The molecule has 1 aliphatic carbocycles. The van der Waals surface area contributed by atoms with E-state index < -0.39 is 11.5 Å². The molecule has 1 aromatic carbocycles. The minimum Gasteiger partial charge on any atom is -0.480 e. The first-order chi connectivity index (χ1) is 9.67. The minimum absolute atomic E-state index is 0.392. The van der Waals surface area contributed by atoms with Crippen molar-refractivity contribution in [2.45, 2.75) is 57.0 Å². The number of carbonyl (C=O) groups is 1. The zero-order chi connectivity index (χ0) is 14.2. The van der Waals surface area contributed by atoms with Gasteiger partial charge in [-0.05, 0) is 56.2 Å². The van der Waals surface area contributed by atoms with E-state index in [1.54, 1.807) is 0 Å². The van der Waals surface area contributed by atoms with Gasteiger partial charge in [-0.1, -0.05) is 31.2 Å². The molecule has 2 unspecified atom stereocenters. The van der Waals surface area contributed by atoms with Gasteiger partial charge in [-0.2, -0.15) is 0 Å². The molecule has 1 fully saturated rings. The van der Waals surface area contributed by atoms with E-state index in [1.807, 2.05) is 6.92 Å². The van der Waals surface area contributed by atoms with Gasteiger partial charge in [0.15, 0.2) is 0 Å². The molecule has 3 rings (SSSR count). The van der Waals surface area contributed by atoms with Crippen LogP contribution >= 0.6 is 0 Å². The number of carboxylic acid groups (broad SMARTS) is 1. The van der Waals surface area contributed by atoms with Gasteiger partial charge in [-0.15, -0.1) is 0 Å². The molecule has 108 valence electrons. The number of aliphatic carboxylic acids is 1. The van der Waals surface area contributed by atoms with Crippen LogP contribution in [0.4, 0.5) is 0 Å². The van der Waals surface area contributed by atoms with Crippen molar-refractivity contribution in [2.75, 3.05) is 6.54 Å². The highest BCUT2D eigenvalue weighted by Gasteiger charge is 2.49. The van der Waals surface area contributed by atoms with E-state index in [9.17, 15) is 9.90 Å². The van der Waals surface area contributed by atoms with Crippen LogP contribution in [-0.4, -0.2) is 34.1 Å². The van der Waals surface area contributed by atoms with E-state index in [0.29, 0.717) is 12.5 Å². The molecule has 1 saturated heterocycles. The summed E-state index contributed by atoms with van der Waals surface area (Å²) in [6.07, 6.45) is 5.70. The second-order valence-corrected chi connectivity index (χ2v) is 6.15. The normalized spacial score (nSPS) is 30.1. The van der Waals surface area contributed by atoms with Gasteiger partial charge < -0.3 is 5.11 Å². The first kappa shape index (κ1) is 13.6. The van der Waals surface area contributed by atoms with Crippen LogP contribution < -0.4 is 0 Å². The van der Waals surface area contributed by atoms with Gasteiger partial charge in [0.2, 0.25) is 0 Å². The van der Waals surface area contributed by atoms with Crippen LogP contribution in [0.5, 0.6) is 0 Å². The topological polar surface area (TPSA) is 40.5 Å². The Morgan fingerprint density at radius 2 is 2.15 bits per heavy atom. The number of benzene rings is 1. The lowest BCUT2D eigenvalue weighted by molar-refractivity contribution is -0.151. The third kappa shape index (κ3) is 2.05. The largest absolute Gasteiger partial charge is 0.480 e. The van der Waals surface area contributed by atoms with E-state index in [2.05, 4.69) is 29.2 Å². The van der Waals surface area contributed by atoms with Crippen molar-refractivity contribution in [2.24, 2.45) is 0 Å². The quantitative estimate of drug-likeness (QED) is 0.920. The van der Waals surface area contributed by atoms with Gasteiger partial charge >= 0.3 is 5.97 Å². The SMILES string of the molecule is CCC1(C(=O)O)CCCN1C1CCc2ccccc2C1. The summed E-state index contributed by atoms with van der Waals surface area (Å²) in [6.45, 7) is 2.95. The number of hydrogen-bond donors (Lipinski definition) is 1. The number of nitrogens with zero attached hydrogens (tertiary/aromatic N) is 1. The van der Waals surface area contributed by atoms with Crippen LogP contribution in [0.15, 0.2) is 24.3 Å². The summed E-state index contributed by atoms with van der Waals surface area (Å²) in [5, 5.41) is 9.72. The summed E-state index contributed by atoms with van der Waals surface area (Å²) >= 11 is 0. The summed E-state index contributed by atoms with van der Waals surface area (Å²) in [5.41, 5.74) is 2.24. The molecule has 1 heterocycles. The Morgan fingerprint density at radius 1 is 1.40 bits per heavy atom. The van der Waals surface area contributed by atoms with Crippen molar-refractivity contribution < 1.29 is 9.90 Å². The van der Waals surface area contributed by atoms with Gasteiger partial charge in [0.05, 0.1) is 0 Å². The van der Waals surface area contributed by atoms with Gasteiger partial charge in [0, 0.05) is 6.04 Å². The van der Waals surface area contributed by atoms with Crippen LogP contribution in [0.3, 0.4) is 0 Å². The van der Waals surface area contributed by atoms with Gasteiger partial charge in [-0.25, -0.2) is 0 Å². The number of carboxylic acids is 1. The van der Waals surface area contributed by atoms with Crippen LogP contribution in [0.25, 0.3) is 0 Å². The predicted molar refractivity (Wildman–Crippen MR) is 78.9 cm³/mol. The average Bonchev–Trinajstić information content (AvgIpc) is 2.92. The molecule has 0 spiro atoms. The van der Waals surface area contributed by atoms with Crippen LogP contribution in [0, 0.1) is 0 Å². The molecule has 0 saturated carbocycles. The predicted octanol–water partition coefficient (Wildman–Crippen LogP) is 2.87. The number of likely N-dealkylation sites (tertiary alicyclic amines) is 1. The molecule has 0 bridgehead atoms. The minimum atomic E-state index is -0.628. The lowest BCUT2D eigenvalue weighted by Gasteiger charge is -2.41. The maximum atomic E-state index is 11.8.